The molecule has 0 spiro atoms. The summed E-state index contributed by atoms with van der Waals surface area (Å²) in [5, 5.41) is 1.77. The molecule has 10 heteroatoms. The van der Waals surface area contributed by atoms with Gasteiger partial charge in [-0.2, -0.15) is 21.6 Å². The first kappa shape index (κ1) is 19.1. The molecule has 0 radical (unpaired) electrons. The third-order valence-corrected chi connectivity index (χ3v) is 3.45. The Labute approximate surface area is 116 Å². The first-order valence-corrected chi connectivity index (χ1v) is 7.57. The van der Waals surface area contributed by atoms with E-state index in [9.17, 15) is 26.4 Å². The molecule has 0 aliphatic heterocycles. The van der Waals surface area contributed by atoms with E-state index in [4.69, 9.17) is 4.55 Å². The van der Waals surface area contributed by atoms with Crippen LogP contribution in [0.25, 0.3) is 0 Å². The number of rotatable bonds is 8. The summed E-state index contributed by atoms with van der Waals surface area (Å²) < 4.78 is 65.7. The highest BCUT2D eigenvalue weighted by molar-refractivity contribution is 7.85. The Balaban J connectivity index is 3.91. The van der Waals surface area contributed by atoms with Crippen molar-refractivity contribution >= 4 is 16.0 Å². The lowest BCUT2D eigenvalue weighted by Crippen LogP contribution is -2.44. The van der Waals surface area contributed by atoms with Crippen molar-refractivity contribution in [1.29, 1.82) is 0 Å². The lowest BCUT2D eigenvalue weighted by atomic mass is 10.3. The predicted octanol–water partition coefficient (Wildman–Crippen LogP) is 0.409. The summed E-state index contributed by atoms with van der Waals surface area (Å²) >= 11 is 0. The second-order valence-electron chi connectivity index (χ2n) is 5.13. The van der Waals surface area contributed by atoms with E-state index < -0.39 is 22.2 Å². The fourth-order valence-electron chi connectivity index (χ4n) is 1.60. The minimum atomic E-state index is -4.88. The molecule has 0 aromatic heterocycles. The van der Waals surface area contributed by atoms with E-state index in [0.717, 1.165) is 0 Å². The average Bonchev–Trinajstić information content (AvgIpc) is 2.20. The van der Waals surface area contributed by atoms with Gasteiger partial charge in [0, 0.05) is 19.4 Å². The highest BCUT2D eigenvalue weighted by Crippen LogP contribution is 2.13. The topological polar surface area (TPSA) is 83.5 Å². The summed E-state index contributed by atoms with van der Waals surface area (Å²) in [6.45, 7) is 0.828. The monoisotopic (exact) mass is 321 g/mol. The van der Waals surface area contributed by atoms with E-state index in [1.54, 1.807) is 19.4 Å². The summed E-state index contributed by atoms with van der Waals surface area (Å²) in [4.78, 5) is 10.5. The SMILES string of the molecule is C[N+](C)(CCCNC(=O)C(F)(F)F)CCCS(=O)(=O)O. The second-order valence-corrected chi connectivity index (χ2v) is 6.70. The molecule has 0 saturated heterocycles. The van der Waals surface area contributed by atoms with Crippen molar-refractivity contribution in [2.24, 2.45) is 0 Å². The molecule has 2 N–H and O–H groups in total. The van der Waals surface area contributed by atoms with Crippen LogP contribution < -0.4 is 5.32 Å². The quantitative estimate of drug-likeness (QED) is 0.385. The van der Waals surface area contributed by atoms with Crippen LogP contribution in [0.1, 0.15) is 12.8 Å². The maximum absolute atomic E-state index is 11.9. The highest BCUT2D eigenvalue weighted by Gasteiger charge is 2.38. The highest BCUT2D eigenvalue weighted by atomic mass is 32.2. The third-order valence-electron chi connectivity index (χ3n) is 2.65. The van der Waals surface area contributed by atoms with Gasteiger partial charge in [0.25, 0.3) is 10.1 Å². The van der Waals surface area contributed by atoms with E-state index in [-0.39, 0.29) is 18.7 Å². The molecule has 0 aromatic rings. The van der Waals surface area contributed by atoms with Gasteiger partial charge in [0.15, 0.2) is 0 Å². The van der Waals surface area contributed by atoms with Crippen LogP contribution in [0.15, 0.2) is 0 Å². The molecule has 1 amide bonds. The number of nitrogens with one attached hydrogen (secondary N) is 1. The van der Waals surface area contributed by atoms with E-state index in [0.29, 0.717) is 24.0 Å². The van der Waals surface area contributed by atoms with E-state index in [1.165, 1.54) is 0 Å². The van der Waals surface area contributed by atoms with Crippen LogP contribution in [0, 0.1) is 0 Å². The number of hydrogen-bond donors (Lipinski definition) is 2. The number of alkyl halides is 3. The molecule has 0 aliphatic carbocycles. The zero-order chi connectivity index (χ0) is 16.0. The standard InChI is InChI=1S/C10H19F3N2O4S/c1-15(2,7-4-8-20(17,18)19)6-3-5-14-9(16)10(11,12)13/h3-8H2,1-2H3,(H-,14,16,17,18,19)/p+1. The molecular weight excluding hydrogens is 301 g/mol. The number of carbonyl (C=O) groups excluding carboxylic acids is 1. The van der Waals surface area contributed by atoms with Crippen LogP contribution in [0.4, 0.5) is 13.2 Å². The normalized spacial score (nSPS) is 13.3. The minimum Gasteiger partial charge on any atom is -0.348 e. The second kappa shape index (κ2) is 7.23. The molecule has 120 valence electrons. The molecule has 0 atom stereocenters. The molecule has 0 saturated carbocycles. The van der Waals surface area contributed by atoms with Gasteiger partial charge < -0.3 is 9.80 Å². The molecule has 20 heavy (non-hydrogen) atoms. The number of nitrogens with zero attached hydrogens (tertiary/aromatic N) is 1. The lowest BCUT2D eigenvalue weighted by Gasteiger charge is -2.29. The van der Waals surface area contributed by atoms with Gasteiger partial charge in [-0.15, -0.1) is 0 Å². The van der Waals surface area contributed by atoms with Crippen LogP contribution in [-0.4, -0.2) is 69.0 Å². The fourth-order valence-corrected chi connectivity index (χ4v) is 2.09. The Morgan fingerprint density at radius 1 is 1.20 bits per heavy atom. The Bertz CT molecular complexity index is 421. The minimum absolute atomic E-state index is 0.0989. The van der Waals surface area contributed by atoms with Gasteiger partial charge in [0.1, 0.15) is 0 Å². The zero-order valence-corrected chi connectivity index (χ0v) is 12.2. The molecule has 0 aromatic carbocycles. The van der Waals surface area contributed by atoms with Gasteiger partial charge in [0.05, 0.1) is 32.9 Å². The Morgan fingerprint density at radius 2 is 1.70 bits per heavy atom. The number of quaternary nitrogens is 1. The van der Waals surface area contributed by atoms with Crippen molar-refractivity contribution in [2.75, 3.05) is 39.5 Å². The lowest BCUT2D eigenvalue weighted by molar-refractivity contribution is -0.890. The largest absolute Gasteiger partial charge is 0.471 e. The van der Waals surface area contributed by atoms with Gasteiger partial charge in [0.2, 0.25) is 0 Å². The van der Waals surface area contributed by atoms with Gasteiger partial charge >= 0.3 is 12.1 Å². The van der Waals surface area contributed by atoms with Crippen LogP contribution in [-0.2, 0) is 14.9 Å². The van der Waals surface area contributed by atoms with Crippen LogP contribution in [0.5, 0.6) is 0 Å². The van der Waals surface area contributed by atoms with Crippen molar-refractivity contribution in [3.8, 4) is 0 Å². The van der Waals surface area contributed by atoms with E-state index >= 15 is 0 Å². The number of hydrogen-bond acceptors (Lipinski definition) is 3. The van der Waals surface area contributed by atoms with E-state index in [1.807, 2.05) is 0 Å². The molecule has 0 fully saturated rings. The van der Waals surface area contributed by atoms with Crippen LogP contribution in [0.3, 0.4) is 0 Å². The number of carbonyl (C=O) groups is 1. The van der Waals surface area contributed by atoms with Gasteiger partial charge in [-0.25, -0.2) is 0 Å². The fraction of sp³-hybridized carbons (Fsp3) is 0.900. The van der Waals surface area contributed by atoms with Crippen LogP contribution in [0.2, 0.25) is 0 Å². The van der Waals surface area contributed by atoms with Crippen LogP contribution >= 0.6 is 0 Å². The smallest absolute Gasteiger partial charge is 0.348 e. The maximum Gasteiger partial charge on any atom is 0.471 e. The summed E-state index contributed by atoms with van der Waals surface area (Å²) in [5.41, 5.74) is 0. The first-order valence-electron chi connectivity index (χ1n) is 5.96. The van der Waals surface area contributed by atoms with Gasteiger partial charge in [-0.1, -0.05) is 0 Å². The average molecular weight is 321 g/mol. The Morgan fingerprint density at radius 3 is 2.15 bits per heavy atom. The van der Waals surface area contributed by atoms with Crippen molar-refractivity contribution in [3.05, 3.63) is 0 Å². The predicted molar refractivity (Wildman–Crippen MR) is 66.6 cm³/mol. The molecular formula is C10H20F3N2O4S+. The molecule has 0 bridgehead atoms. The number of amides is 1. The Kier molecular flexibility index (Phi) is 6.91. The van der Waals surface area contributed by atoms with Crippen molar-refractivity contribution in [2.45, 2.75) is 19.0 Å². The molecule has 0 rings (SSSR count). The molecule has 0 aliphatic rings. The summed E-state index contributed by atoms with van der Waals surface area (Å²) in [7, 11) is -0.417. The van der Waals surface area contributed by atoms with Crippen molar-refractivity contribution < 1.29 is 35.4 Å². The summed E-state index contributed by atoms with van der Waals surface area (Å²) in [6.07, 6.45) is -4.29. The van der Waals surface area contributed by atoms with E-state index in [2.05, 4.69) is 0 Å². The summed E-state index contributed by atoms with van der Waals surface area (Å²) in [5.74, 6) is -2.31. The zero-order valence-electron chi connectivity index (χ0n) is 11.4. The van der Waals surface area contributed by atoms with Gasteiger partial charge in [-0.05, 0) is 0 Å². The van der Waals surface area contributed by atoms with Crippen molar-refractivity contribution in [1.82, 2.24) is 5.32 Å². The molecule has 6 nitrogen and oxygen atoms in total. The Hall–Kier alpha value is -0.870. The molecule has 0 unspecified atom stereocenters. The summed E-state index contributed by atoms with van der Waals surface area (Å²) in [6, 6.07) is 0. The van der Waals surface area contributed by atoms with Gasteiger partial charge in [-0.3, -0.25) is 9.35 Å². The third kappa shape index (κ3) is 9.98. The first-order chi connectivity index (χ1) is 8.83. The van der Waals surface area contributed by atoms with Crippen molar-refractivity contribution in [3.63, 3.8) is 0 Å². The molecule has 0 heterocycles. The maximum atomic E-state index is 11.9. The number of halogens is 3.